The molecule has 1 heterocycles. The van der Waals surface area contributed by atoms with Crippen molar-refractivity contribution in [3.63, 3.8) is 0 Å². The van der Waals surface area contributed by atoms with Crippen LogP contribution >= 0.6 is 11.6 Å². The summed E-state index contributed by atoms with van der Waals surface area (Å²) >= 11 is 5.88. The summed E-state index contributed by atoms with van der Waals surface area (Å²) in [5.41, 5.74) is 6.56. The third-order valence-corrected chi connectivity index (χ3v) is 3.26. The molecule has 1 aromatic rings. The molecule has 1 amide bonds. The van der Waals surface area contributed by atoms with E-state index < -0.39 is 6.10 Å². The SMILES string of the molecule is Nc1ccc(C(=O)N2CCCC(O)C2)cc1Cl. The summed E-state index contributed by atoms with van der Waals surface area (Å²) < 4.78 is 0. The number of anilines is 1. The summed E-state index contributed by atoms with van der Waals surface area (Å²) in [6.45, 7) is 1.07. The lowest BCUT2D eigenvalue weighted by atomic mass is 10.1. The molecule has 0 spiro atoms. The summed E-state index contributed by atoms with van der Waals surface area (Å²) in [7, 11) is 0. The van der Waals surface area contributed by atoms with Gasteiger partial charge in [-0.05, 0) is 31.0 Å². The Morgan fingerprint density at radius 3 is 2.94 bits per heavy atom. The molecule has 0 aliphatic carbocycles. The van der Waals surface area contributed by atoms with Crippen LogP contribution in [0.25, 0.3) is 0 Å². The lowest BCUT2D eigenvalue weighted by molar-refractivity contribution is 0.0474. The summed E-state index contributed by atoms with van der Waals surface area (Å²) in [5, 5.41) is 9.92. The molecule has 0 aromatic heterocycles. The normalized spacial score (nSPS) is 20.4. The summed E-state index contributed by atoms with van der Waals surface area (Å²) in [4.78, 5) is 13.8. The third kappa shape index (κ3) is 2.70. The molecule has 1 unspecified atom stereocenters. The second kappa shape index (κ2) is 4.94. The maximum Gasteiger partial charge on any atom is 0.253 e. The van der Waals surface area contributed by atoms with Crippen molar-refractivity contribution in [3.8, 4) is 0 Å². The van der Waals surface area contributed by atoms with Gasteiger partial charge in [0, 0.05) is 18.7 Å². The molecule has 1 saturated heterocycles. The van der Waals surface area contributed by atoms with E-state index >= 15 is 0 Å². The molecule has 3 N–H and O–H groups in total. The van der Waals surface area contributed by atoms with Gasteiger partial charge in [-0.3, -0.25) is 4.79 Å². The molecule has 4 nitrogen and oxygen atoms in total. The number of carbonyl (C=O) groups excluding carboxylic acids is 1. The highest BCUT2D eigenvalue weighted by atomic mass is 35.5. The number of aliphatic hydroxyl groups excluding tert-OH is 1. The third-order valence-electron chi connectivity index (χ3n) is 2.93. The zero-order chi connectivity index (χ0) is 12.4. The number of amides is 1. The second-order valence-electron chi connectivity index (χ2n) is 4.28. The smallest absolute Gasteiger partial charge is 0.253 e. The highest BCUT2D eigenvalue weighted by Gasteiger charge is 2.23. The van der Waals surface area contributed by atoms with Crippen molar-refractivity contribution in [2.75, 3.05) is 18.8 Å². The summed E-state index contributed by atoms with van der Waals surface area (Å²) in [5.74, 6) is -0.106. The predicted molar refractivity (Wildman–Crippen MR) is 67.0 cm³/mol. The first-order valence-electron chi connectivity index (χ1n) is 5.60. The molecular formula is C12H15ClN2O2. The molecule has 92 valence electrons. The van der Waals surface area contributed by atoms with Gasteiger partial charge in [0.05, 0.1) is 16.8 Å². The number of halogens is 1. The Morgan fingerprint density at radius 2 is 2.29 bits per heavy atom. The maximum atomic E-state index is 12.1. The summed E-state index contributed by atoms with van der Waals surface area (Å²) in [6.07, 6.45) is 1.17. The van der Waals surface area contributed by atoms with Gasteiger partial charge >= 0.3 is 0 Å². The second-order valence-corrected chi connectivity index (χ2v) is 4.69. The van der Waals surface area contributed by atoms with Crippen molar-refractivity contribution < 1.29 is 9.90 Å². The minimum atomic E-state index is -0.419. The van der Waals surface area contributed by atoms with Crippen LogP contribution in [-0.4, -0.2) is 35.1 Å². The fourth-order valence-corrected chi connectivity index (χ4v) is 2.16. The molecule has 1 atom stereocenters. The number of aliphatic hydroxyl groups is 1. The van der Waals surface area contributed by atoms with Crippen molar-refractivity contribution in [1.82, 2.24) is 4.90 Å². The van der Waals surface area contributed by atoms with Gasteiger partial charge in [-0.2, -0.15) is 0 Å². The number of nitrogens with zero attached hydrogens (tertiary/aromatic N) is 1. The Kier molecular flexibility index (Phi) is 3.54. The van der Waals surface area contributed by atoms with Gasteiger partial charge in [0.25, 0.3) is 5.91 Å². The van der Waals surface area contributed by atoms with Gasteiger partial charge in [0.15, 0.2) is 0 Å². The molecule has 5 heteroatoms. The standard InChI is InChI=1S/C12H15ClN2O2/c13-10-6-8(3-4-11(10)14)12(17)15-5-1-2-9(16)7-15/h3-4,6,9,16H,1-2,5,7,14H2. The van der Waals surface area contributed by atoms with Crippen molar-refractivity contribution in [2.45, 2.75) is 18.9 Å². The molecule has 0 saturated carbocycles. The molecule has 1 aromatic carbocycles. The molecular weight excluding hydrogens is 240 g/mol. The number of carbonyl (C=O) groups is 1. The number of hydrogen-bond donors (Lipinski definition) is 2. The molecule has 1 fully saturated rings. The highest BCUT2D eigenvalue weighted by molar-refractivity contribution is 6.33. The fourth-order valence-electron chi connectivity index (χ4n) is 1.98. The van der Waals surface area contributed by atoms with Gasteiger partial charge in [-0.25, -0.2) is 0 Å². The van der Waals surface area contributed by atoms with E-state index in [1.165, 1.54) is 0 Å². The lowest BCUT2D eigenvalue weighted by Gasteiger charge is -2.30. The summed E-state index contributed by atoms with van der Waals surface area (Å²) in [6, 6.07) is 4.85. The lowest BCUT2D eigenvalue weighted by Crippen LogP contribution is -2.42. The van der Waals surface area contributed by atoms with Crippen molar-refractivity contribution in [3.05, 3.63) is 28.8 Å². The van der Waals surface area contributed by atoms with E-state index in [1.807, 2.05) is 0 Å². The van der Waals surface area contributed by atoms with Gasteiger partial charge in [-0.1, -0.05) is 11.6 Å². The van der Waals surface area contributed by atoms with Gasteiger partial charge in [0.2, 0.25) is 0 Å². The first kappa shape index (κ1) is 12.2. The largest absolute Gasteiger partial charge is 0.398 e. The number of nitrogen functional groups attached to an aromatic ring is 1. The molecule has 1 aliphatic heterocycles. The quantitative estimate of drug-likeness (QED) is 0.747. The van der Waals surface area contributed by atoms with E-state index in [4.69, 9.17) is 17.3 Å². The molecule has 0 bridgehead atoms. The van der Waals surface area contributed by atoms with Gasteiger partial charge < -0.3 is 15.7 Å². The minimum absolute atomic E-state index is 0.106. The Bertz CT molecular complexity index is 437. The van der Waals surface area contributed by atoms with Gasteiger partial charge in [0.1, 0.15) is 0 Å². The number of nitrogens with two attached hydrogens (primary N) is 1. The van der Waals surface area contributed by atoms with E-state index in [0.29, 0.717) is 29.4 Å². The topological polar surface area (TPSA) is 66.6 Å². The van der Waals surface area contributed by atoms with Crippen LogP contribution in [0.5, 0.6) is 0 Å². The number of piperidine rings is 1. The number of hydrogen-bond acceptors (Lipinski definition) is 3. The maximum absolute atomic E-state index is 12.1. The van der Waals surface area contributed by atoms with E-state index in [0.717, 1.165) is 12.8 Å². The highest BCUT2D eigenvalue weighted by Crippen LogP contribution is 2.21. The molecule has 0 radical (unpaired) electrons. The van der Waals surface area contributed by atoms with Crippen LogP contribution in [0, 0.1) is 0 Å². The average molecular weight is 255 g/mol. The first-order valence-corrected chi connectivity index (χ1v) is 5.98. The zero-order valence-corrected chi connectivity index (χ0v) is 10.2. The Hall–Kier alpha value is -1.26. The Balaban J connectivity index is 2.15. The van der Waals surface area contributed by atoms with E-state index in [1.54, 1.807) is 23.1 Å². The van der Waals surface area contributed by atoms with Crippen LogP contribution < -0.4 is 5.73 Å². The van der Waals surface area contributed by atoms with Crippen LogP contribution in [-0.2, 0) is 0 Å². The van der Waals surface area contributed by atoms with Crippen molar-refractivity contribution >= 4 is 23.2 Å². The van der Waals surface area contributed by atoms with Crippen LogP contribution in [0.15, 0.2) is 18.2 Å². The fraction of sp³-hybridized carbons (Fsp3) is 0.417. The average Bonchev–Trinajstić information content (AvgIpc) is 2.32. The monoisotopic (exact) mass is 254 g/mol. The predicted octanol–water partition coefficient (Wildman–Crippen LogP) is 1.52. The number of benzene rings is 1. The molecule has 2 rings (SSSR count). The molecule has 17 heavy (non-hydrogen) atoms. The Morgan fingerprint density at radius 1 is 1.53 bits per heavy atom. The van der Waals surface area contributed by atoms with Crippen molar-refractivity contribution in [2.24, 2.45) is 0 Å². The van der Waals surface area contributed by atoms with Crippen LogP contribution in [0.3, 0.4) is 0 Å². The number of rotatable bonds is 1. The number of likely N-dealkylation sites (tertiary alicyclic amines) is 1. The van der Waals surface area contributed by atoms with Crippen LogP contribution in [0.1, 0.15) is 23.2 Å². The van der Waals surface area contributed by atoms with Gasteiger partial charge in [-0.15, -0.1) is 0 Å². The van der Waals surface area contributed by atoms with E-state index in [9.17, 15) is 9.90 Å². The van der Waals surface area contributed by atoms with Crippen LogP contribution in [0.2, 0.25) is 5.02 Å². The van der Waals surface area contributed by atoms with Crippen LogP contribution in [0.4, 0.5) is 5.69 Å². The number of β-amino-alcohol motifs (C(OH)–C–C–N with tert-alkyl or cyclic N) is 1. The van der Waals surface area contributed by atoms with E-state index in [2.05, 4.69) is 0 Å². The minimum Gasteiger partial charge on any atom is -0.398 e. The first-order chi connectivity index (χ1) is 8.08. The van der Waals surface area contributed by atoms with Crippen molar-refractivity contribution in [1.29, 1.82) is 0 Å². The molecule has 1 aliphatic rings. The zero-order valence-electron chi connectivity index (χ0n) is 9.40. The van der Waals surface area contributed by atoms with E-state index in [-0.39, 0.29) is 5.91 Å². The Labute approximate surface area is 105 Å².